The van der Waals surface area contributed by atoms with Gasteiger partial charge in [0.25, 0.3) is 5.91 Å². The maximum absolute atomic E-state index is 12.8. The highest BCUT2D eigenvalue weighted by Gasteiger charge is 2.42. The molecule has 0 aliphatic carbocycles. The maximum Gasteiger partial charge on any atom is 0.255 e. The Labute approximate surface area is 149 Å². The van der Waals surface area contributed by atoms with E-state index < -0.39 is 0 Å². The van der Waals surface area contributed by atoms with E-state index in [1.807, 2.05) is 9.80 Å². The number of hydrogen-bond donors (Lipinski definition) is 1. The molecule has 0 aromatic carbocycles. The normalized spacial score (nSPS) is 24.0. The molecule has 0 bridgehead atoms. The Morgan fingerprint density at radius 3 is 2.88 bits per heavy atom. The van der Waals surface area contributed by atoms with E-state index in [0.29, 0.717) is 17.8 Å². The van der Waals surface area contributed by atoms with Gasteiger partial charge in [-0.3, -0.25) is 9.59 Å². The average molecular weight is 344 g/mol. The minimum atomic E-state index is 0.0172. The van der Waals surface area contributed by atoms with Gasteiger partial charge in [0.15, 0.2) is 0 Å². The second kappa shape index (κ2) is 7.42. The van der Waals surface area contributed by atoms with Crippen molar-refractivity contribution in [2.24, 2.45) is 5.41 Å². The molecule has 0 saturated carbocycles. The van der Waals surface area contributed by atoms with Crippen molar-refractivity contribution in [3.63, 3.8) is 0 Å². The van der Waals surface area contributed by atoms with Crippen LogP contribution in [0.25, 0.3) is 0 Å². The third-order valence-corrected chi connectivity index (χ3v) is 5.51. The quantitative estimate of drug-likeness (QED) is 0.909. The molecule has 2 aliphatic rings. The summed E-state index contributed by atoms with van der Waals surface area (Å²) in [5, 5.41) is 0. The molecule has 1 aromatic rings. The largest absolute Gasteiger partial charge is 0.384 e. The van der Waals surface area contributed by atoms with Gasteiger partial charge in [-0.15, -0.1) is 0 Å². The van der Waals surface area contributed by atoms with Gasteiger partial charge in [-0.25, -0.2) is 4.98 Å². The molecular formula is C19H28N4O2. The number of pyridine rings is 1. The first-order valence-corrected chi connectivity index (χ1v) is 9.32. The van der Waals surface area contributed by atoms with Gasteiger partial charge in [-0.05, 0) is 37.8 Å². The van der Waals surface area contributed by atoms with Crippen LogP contribution in [0.3, 0.4) is 0 Å². The molecule has 136 valence electrons. The predicted molar refractivity (Wildman–Crippen MR) is 96.9 cm³/mol. The standard InChI is InChI=1S/C19H28N4O2/c1-2-3-10-22-13-19(9-7-17(22)24)8-4-11-23(14-19)18(25)15-5-6-16(20)21-12-15/h5-6,12H,2-4,7-11,13-14H2,1H3,(H2,20,21)/t19-/m0/s1. The van der Waals surface area contributed by atoms with Crippen molar-refractivity contribution in [2.75, 3.05) is 31.9 Å². The summed E-state index contributed by atoms with van der Waals surface area (Å²) in [6.07, 6.45) is 7.26. The number of rotatable bonds is 4. The second-order valence-electron chi connectivity index (χ2n) is 7.47. The molecule has 25 heavy (non-hydrogen) atoms. The third-order valence-electron chi connectivity index (χ3n) is 5.51. The lowest BCUT2D eigenvalue weighted by Gasteiger charge is -2.48. The number of carbonyl (C=O) groups excluding carboxylic acids is 2. The second-order valence-corrected chi connectivity index (χ2v) is 7.47. The van der Waals surface area contributed by atoms with Gasteiger partial charge in [-0.2, -0.15) is 0 Å². The predicted octanol–water partition coefficient (Wildman–Crippen LogP) is 2.31. The van der Waals surface area contributed by atoms with Crippen LogP contribution < -0.4 is 5.73 Å². The number of anilines is 1. The molecule has 2 N–H and O–H groups in total. The zero-order chi connectivity index (χ0) is 17.9. The third kappa shape index (κ3) is 3.94. The van der Waals surface area contributed by atoms with Crippen LogP contribution in [0, 0.1) is 5.41 Å². The first-order valence-electron chi connectivity index (χ1n) is 9.32. The van der Waals surface area contributed by atoms with Crippen molar-refractivity contribution >= 4 is 17.6 Å². The Hall–Kier alpha value is -2.11. The van der Waals surface area contributed by atoms with E-state index in [0.717, 1.165) is 58.3 Å². The van der Waals surface area contributed by atoms with Crippen molar-refractivity contribution in [1.29, 1.82) is 0 Å². The zero-order valence-corrected chi connectivity index (χ0v) is 15.0. The number of nitrogen functional groups attached to an aromatic ring is 1. The molecule has 1 spiro atoms. The first kappa shape index (κ1) is 17.7. The Balaban J connectivity index is 1.70. The summed E-state index contributed by atoms with van der Waals surface area (Å²) >= 11 is 0. The van der Waals surface area contributed by atoms with Crippen LogP contribution in [0.2, 0.25) is 0 Å². The molecule has 3 rings (SSSR count). The fourth-order valence-corrected chi connectivity index (χ4v) is 4.08. The van der Waals surface area contributed by atoms with Crippen LogP contribution in [-0.2, 0) is 4.79 Å². The van der Waals surface area contributed by atoms with Crippen molar-refractivity contribution in [2.45, 2.75) is 45.4 Å². The summed E-state index contributed by atoms with van der Waals surface area (Å²) in [5.41, 5.74) is 6.25. The van der Waals surface area contributed by atoms with Crippen molar-refractivity contribution in [3.8, 4) is 0 Å². The summed E-state index contributed by atoms with van der Waals surface area (Å²) in [5.74, 6) is 0.706. The Morgan fingerprint density at radius 1 is 1.32 bits per heavy atom. The number of nitrogens with two attached hydrogens (primary N) is 1. The number of carbonyl (C=O) groups is 2. The van der Waals surface area contributed by atoms with Gasteiger partial charge < -0.3 is 15.5 Å². The summed E-state index contributed by atoms with van der Waals surface area (Å²) in [4.78, 5) is 33.0. The van der Waals surface area contributed by atoms with E-state index in [-0.39, 0.29) is 17.2 Å². The van der Waals surface area contributed by atoms with Gasteiger partial charge in [0, 0.05) is 44.2 Å². The van der Waals surface area contributed by atoms with E-state index in [4.69, 9.17) is 5.73 Å². The summed E-state index contributed by atoms with van der Waals surface area (Å²) in [6.45, 7) is 5.27. The highest BCUT2D eigenvalue weighted by atomic mass is 16.2. The molecule has 2 saturated heterocycles. The Kier molecular flexibility index (Phi) is 5.25. The minimum absolute atomic E-state index is 0.0172. The topological polar surface area (TPSA) is 79.5 Å². The summed E-state index contributed by atoms with van der Waals surface area (Å²) in [6, 6.07) is 3.41. The van der Waals surface area contributed by atoms with Gasteiger partial charge >= 0.3 is 0 Å². The van der Waals surface area contributed by atoms with Crippen LogP contribution in [0.5, 0.6) is 0 Å². The van der Waals surface area contributed by atoms with E-state index in [2.05, 4.69) is 11.9 Å². The Morgan fingerprint density at radius 2 is 2.16 bits per heavy atom. The molecule has 6 heteroatoms. The van der Waals surface area contributed by atoms with Crippen LogP contribution >= 0.6 is 0 Å². The highest BCUT2D eigenvalue weighted by Crippen LogP contribution is 2.39. The van der Waals surface area contributed by atoms with Crippen molar-refractivity contribution < 1.29 is 9.59 Å². The smallest absolute Gasteiger partial charge is 0.255 e. The molecule has 6 nitrogen and oxygen atoms in total. The van der Waals surface area contributed by atoms with Gasteiger partial charge in [0.1, 0.15) is 5.82 Å². The number of amides is 2. The van der Waals surface area contributed by atoms with Gasteiger partial charge in [0.05, 0.1) is 5.56 Å². The zero-order valence-electron chi connectivity index (χ0n) is 15.0. The maximum atomic E-state index is 12.8. The number of nitrogens with zero attached hydrogens (tertiary/aromatic N) is 3. The molecule has 1 aromatic heterocycles. The number of aromatic nitrogens is 1. The number of likely N-dealkylation sites (tertiary alicyclic amines) is 2. The molecule has 0 unspecified atom stereocenters. The van der Waals surface area contributed by atoms with E-state index >= 15 is 0 Å². The van der Waals surface area contributed by atoms with Crippen LogP contribution in [0.15, 0.2) is 18.3 Å². The monoisotopic (exact) mass is 344 g/mol. The molecule has 3 heterocycles. The lowest BCUT2D eigenvalue weighted by molar-refractivity contribution is -0.139. The lowest BCUT2D eigenvalue weighted by Crippen LogP contribution is -2.55. The number of piperidine rings is 2. The Bertz CT molecular complexity index is 631. The van der Waals surface area contributed by atoms with Gasteiger partial charge in [-0.1, -0.05) is 13.3 Å². The molecular weight excluding hydrogens is 316 g/mol. The number of hydrogen-bond acceptors (Lipinski definition) is 4. The van der Waals surface area contributed by atoms with Crippen LogP contribution in [-0.4, -0.2) is 52.8 Å². The fourth-order valence-electron chi connectivity index (χ4n) is 4.08. The van der Waals surface area contributed by atoms with Gasteiger partial charge in [0.2, 0.25) is 5.91 Å². The highest BCUT2D eigenvalue weighted by molar-refractivity contribution is 5.94. The van der Waals surface area contributed by atoms with Crippen molar-refractivity contribution in [3.05, 3.63) is 23.9 Å². The fraction of sp³-hybridized carbons (Fsp3) is 0.632. The van der Waals surface area contributed by atoms with E-state index in [9.17, 15) is 9.59 Å². The minimum Gasteiger partial charge on any atom is -0.384 e. The number of unbranched alkanes of at least 4 members (excludes halogenated alkanes) is 1. The molecule has 2 fully saturated rings. The first-order chi connectivity index (χ1) is 12.0. The SMILES string of the molecule is CCCCN1C[C@]2(CCCN(C(=O)c3ccc(N)nc3)C2)CCC1=O. The molecule has 1 atom stereocenters. The summed E-state index contributed by atoms with van der Waals surface area (Å²) in [7, 11) is 0. The molecule has 2 amide bonds. The van der Waals surface area contributed by atoms with E-state index in [1.54, 1.807) is 18.3 Å². The molecule has 0 radical (unpaired) electrons. The summed E-state index contributed by atoms with van der Waals surface area (Å²) < 4.78 is 0. The van der Waals surface area contributed by atoms with Crippen molar-refractivity contribution in [1.82, 2.24) is 14.8 Å². The van der Waals surface area contributed by atoms with E-state index in [1.165, 1.54) is 0 Å². The molecule has 2 aliphatic heterocycles. The average Bonchev–Trinajstić information content (AvgIpc) is 2.63. The van der Waals surface area contributed by atoms with Crippen LogP contribution in [0.1, 0.15) is 55.8 Å². The van der Waals surface area contributed by atoms with Crippen LogP contribution in [0.4, 0.5) is 5.82 Å². The lowest BCUT2D eigenvalue weighted by atomic mass is 9.73.